The summed E-state index contributed by atoms with van der Waals surface area (Å²) >= 11 is 0. The maximum atomic E-state index is 12.3. The molecule has 0 atom stereocenters. The molecule has 2 aromatic rings. The molecule has 1 fully saturated rings. The fourth-order valence-corrected chi connectivity index (χ4v) is 3.37. The van der Waals surface area contributed by atoms with Crippen molar-refractivity contribution in [2.45, 2.75) is 32.2 Å². The van der Waals surface area contributed by atoms with Gasteiger partial charge in [0.05, 0.1) is 5.52 Å². The average Bonchev–Trinajstić information content (AvgIpc) is 2.96. The van der Waals surface area contributed by atoms with Crippen LogP contribution in [0.3, 0.4) is 0 Å². The molecule has 0 saturated carbocycles. The SMILES string of the molecule is CNC(=O)C1CCN(C(=O)CCCn2c(=O)oc3ccccc32)CC1. The molecule has 25 heavy (non-hydrogen) atoms. The summed E-state index contributed by atoms with van der Waals surface area (Å²) in [4.78, 5) is 37.7. The molecular formula is C18H23N3O4. The van der Waals surface area contributed by atoms with Gasteiger partial charge in [0.25, 0.3) is 0 Å². The van der Waals surface area contributed by atoms with E-state index in [1.807, 2.05) is 23.1 Å². The molecule has 1 aliphatic heterocycles. The first kappa shape index (κ1) is 17.3. The number of benzene rings is 1. The van der Waals surface area contributed by atoms with Crippen molar-refractivity contribution in [3.8, 4) is 0 Å². The Hall–Kier alpha value is -2.57. The molecule has 134 valence electrons. The summed E-state index contributed by atoms with van der Waals surface area (Å²) in [7, 11) is 1.64. The third-order valence-corrected chi connectivity index (χ3v) is 4.81. The van der Waals surface area contributed by atoms with E-state index in [2.05, 4.69) is 5.32 Å². The number of oxazole rings is 1. The predicted octanol–water partition coefficient (Wildman–Crippen LogP) is 1.36. The molecule has 0 unspecified atom stereocenters. The molecular weight excluding hydrogens is 322 g/mol. The van der Waals surface area contributed by atoms with Gasteiger partial charge < -0.3 is 14.6 Å². The summed E-state index contributed by atoms with van der Waals surface area (Å²) in [5, 5.41) is 2.66. The minimum Gasteiger partial charge on any atom is -0.408 e. The van der Waals surface area contributed by atoms with Gasteiger partial charge in [-0.15, -0.1) is 0 Å². The predicted molar refractivity (Wildman–Crippen MR) is 93.1 cm³/mol. The molecule has 0 bridgehead atoms. The van der Waals surface area contributed by atoms with Crippen LogP contribution in [-0.4, -0.2) is 41.4 Å². The molecule has 7 heteroatoms. The molecule has 1 aromatic carbocycles. The highest BCUT2D eigenvalue weighted by molar-refractivity contribution is 5.80. The van der Waals surface area contributed by atoms with E-state index in [-0.39, 0.29) is 23.5 Å². The lowest BCUT2D eigenvalue weighted by Crippen LogP contribution is -2.42. The van der Waals surface area contributed by atoms with Crippen molar-refractivity contribution < 1.29 is 14.0 Å². The van der Waals surface area contributed by atoms with Gasteiger partial charge in [0.2, 0.25) is 11.8 Å². The van der Waals surface area contributed by atoms with E-state index < -0.39 is 0 Å². The Balaban J connectivity index is 1.51. The van der Waals surface area contributed by atoms with E-state index in [4.69, 9.17) is 4.42 Å². The van der Waals surface area contributed by atoms with Gasteiger partial charge in [-0.1, -0.05) is 12.1 Å². The molecule has 7 nitrogen and oxygen atoms in total. The van der Waals surface area contributed by atoms with E-state index in [0.717, 1.165) is 5.52 Å². The van der Waals surface area contributed by atoms with Crippen molar-refractivity contribution >= 4 is 22.9 Å². The van der Waals surface area contributed by atoms with Crippen molar-refractivity contribution in [2.75, 3.05) is 20.1 Å². The maximum Gasteiger partial charge on any atom is 0.419 e. The van der Waals surface area contributed by atoms with Crippen molar-refractivity contribution in [1.82, 2.24) is 14.8 Å². The van der Waals surface area contributed by atoms with Gasteiger partial charge in [-0.2, -0.15) is 0 Å². The quantitative estimate of drug-likeness (QED) is 0.887. The summed E-state index contributed by atoms with van der Waals surface area (Å²) in [5.41, 5.74) is 1.32. The highest BCUT2D eigenvalue weighted by Crippen LogP contribution is 2.18. The zero-order valence-corrected chi connectivity index (χ0v) is 14.4. The summed E-state index contributed by atoms with van der Waals surface area (Å²) in [5.74, 6) is -0.250. The monoisotopic (exact) mass is 345 g/mol. The molecule has 0 radical (unpaired) electrons. The van der Waals surface area contributed by atoms with E-state index in [0.29, 0.717) is 50.9 Å². The second kappa shape index (κ2) is 7.55. The van der Waals surface area contributed by atoms with Crippen molar-refractivity contribution in [3.05, 3.63) is 34.8 Å². The lowest BCUT2D eigenvalue weighted by molar-refractivity contribution is -0.135. The number of amides is 2. The number of nitrogens with zero attached hydrogens (tertiary/aromatic N) is 2. The molecule has 0 aliphatic carbocycles. The Bertz CT molecular complexity index is 815. The largest absolute Gasteiger partial charge is 0.419 e. The van der Waals surface area contributed by atoms with Crippen LogP contribution in [0.1, 0.15) is 25.7 Å². The van der Waals surface area contributed by atoms with Crippen molar-refractivity contribution in [1.29, 1.82) is 0 Å². The molecule has 2 heterocycles. The average molecular weight is 345 g/mol. The zero-order valence-electron chi connectivity index (χ0n) is 14.4. The van der Waals surface area contributed by atoms with Crippen LogP contribution in [0, 0.1) is 5.92 Å². The van der Waals surface area contributed by atoms with Crippen LogP contribution in [0.2, 0.25) is 0 Å². The minimum atomic E-state index is -0.389. The van der Waals surface area contributed by atoms with Gasteiger partial charge >= 0.3 is 5.76 Å². The topological polar surface area (TPSA) is 84.5 Å². The van der Waals surface area contributed by atoms with Crippen LogP contribution < -0.4 is 11.1 Å². The van der Waals surface area contributed by atoms with Gasteiger partial charge in [-0.3, -0.25) is 14.2 Å². The number of rotatable bonds is 5. The van der Waals surface area contributed by atoms with Crippen molar-refractivity contribution in [2.24, 2.45) is 5.92 Å². The Morgan fingerprint density at radius 3 is 2.68 bits per heavy atom. The molecule has 2 amide bonds. The van der Waals surface area contributed by atoms with Crippen LogP contribution in [0.5, 0.6) is 0 Å². The molecule has 1 saturated heterocycles. The number of carbonyl (C=O) groups excluding carboxylic acids is 2. The molecule has 1 aliphatic rings. The Morgan fingerprint density at radius 1 is 1.24 bits per heavy atom. The number of para-hydroxylation sites is 2. The van der Waals surface area contributed by atoms with E-state index >= 15 is 0 Å². The smallest absolute Gasteiger partial charge is 0.408 e. The number of aryl methyl sites for hydroxylation is 1. The summed E-state index contributed by atoms with van der Waals surface area (Å²) < 4.78 is 6.76. The van der Waals surface area contributed by atoms with Gasteiger partial charge in [0, 0.05) is 39.0 Å². The Morgan fingerprint density at radius 2 is 1.96 bits per heavy atom. The fourth-order valence-electron chi connectivity index (χ4n) is 3.37. The number of carbonyl (C=O) groups is 2. The van der Waals surface area contributed by atoms with Gasteiger partial charge in [-0.25, -0.2) is 4.79 Å². The lowest BCUT2D eigenvalue weighted by Gasteiger charge is -2.31. The first-order valence-electron chi connectivity index (χ1n) is 8.68. The summed E-state index contributed by atoms with van der Waals surface area (Å²) in [6.07, 6.45) is 2.38. The number of fused-ring (bicyclic) bond motifs is 1. The van der Waals surface area contributed by atoms with Crippen LogP contribution in [0.4, 0.5) is 0 Å². The van der Waals surface area contributed by atoms with Crippen LogP contribution in [0.25, 0.3) is 11.1 Å². The maximum absolute atomic E-state index is 12.3. The number of likely N-dealkylation sites (tertiary alicyclic amines) is 1. The Labute approximate surface area is 145 Å². The molecule has 1 aromatic heterocycles. The first-order chi connectivity index (χ1) is 12.1. The van der Waals surface area contributed by atoms with Crippen molar-refractivity contribution in [3.63, 3.8) is 0 Å². The number of nitrogens with one attached hydrogen (secondary N) is 1. The normalized spacial score (nSPS) is 15.5. The zero-order chi connectivity index (χ0) is 17.8. The highest BCUT2D eigenvalue weighted by Gasteiger charge is 2.26. The molecule has 3 rings (SSSR count). The van der Waals surface area contributed by atoms with Gasteiger partial charge in [0.1, 0.15) is 0 Å². The van der Waals surface area contributed by atoms with E-state index in [1.54, 1.807) is 17.7 Å². The molecule has 0 spiro atoms. The Kier molecular flexibility index (Phi) is 5.21. The van der Waals surface area contributed by atoms with Crippen LogP contribution in [-0.2, 0) is 16.1 Å². The number of aromatic nitrogens is 1. The lowest BCUT2D eigenvalue weighted by atomic mass is 9.96. The third kappa shape index (κ3) is 3.75. The number of hydrogen-bond acceptors (Lipinski definition) is 4. The molecule has 1 N–H and O–H groups in total. The first-order valence-corrected chi connectivity index (χ1v) is 8.68. The number of hydrogen-bond donors (Lipinski definition) is 1. The van der Waals surface area contributed by atoms with Crippen LogP contribution in [0.15, 0.2) is 33.5 Å². The van der Waals surface area contributed by atoms with Gasteiger partial charge in [0.15, 0.2) is 5.58 Å². The third-order valence-electron chi connectivity index (χ3n) is 4.81. The number of piperidine rings is 1. The van der Waals surface area contributed by atoms with E-state index in [9.17, 15) is 14.4 Å². The second-order valence-electron chi connectivity index (χ2n) is 6.36. The second-order valence-corrected chi connectivity index (χ2v) is 6.36. The standard InChI is InChI=1S/C18H23N3O4/c1-19-17(23)13-8-11-20(12-9-13)16(22)7-4-10-21-14-5-2-3-6-15(14)25-18(21)24/h2-3,5-6,13H,4,7-12H2,1H3,(H,19,23). The van der Waals surface area contributed by atoms with E-state index in [1.165, 1.54) is 0 Å². The fraction of sp³-hybridized carbons (Fsp3) is 0.500. The van der Waals surface area contributed by atoms with Gasteiger partial charge in [-0.05, 0) is 31.4 Å². The summed E-state index contributed by atoms with van der Waals surface area (Å²) in [6.45, 7) is 1.69. The highest BCUT2D eigenvalue weighted by atomic mass is 16.4. The minimum absolute atomic E-state index is 0.00456. The summed E-state index contributed by atoms with van der Waals surface area (Å²) in [6, 6.07) is 7.28. The van der Waals surface area contributed by atoms with Crippen LogP contribution >= 0.6 is 0 Å².